The molecule has 0 aliphatic rings. The number of oxime groups is 1. The van der Waals surface area contributed by atoms with Crippen LogP contribution in [-0.4, -0.2) is 32.9 Å². The SMILES string of the molecule is CCOC(=O)c1cccc(C(=NOS(=O)(=O)c2ccc(C)cc2)C(F)(F)F)c1. The normalized spacial score (nSPS) is 12.5. The van der Waals surface area contributed by atoms with Gasteiger partial charge in [0.2, 0.25) is 0 Å². The lowest BCUT2D eigenvalue weighted by molar-refractivity contribution is -0.0597. The van der Waals surface area contributed by atoms with Crippen molar-refractivity contribution in [2.24, 2.45) is 5.16 Å². The Hall–Kier alpha value is -2.88. The molecule has 0 radical (unpaired) electrons. The summed E-state index contributed by atoms with van der Waals surface area (Å²) in [5.74, 6) is -0.820. The van der Waals surface area contributed by atoms with Gasteiger partial charge in [-0.1, -0.05) is 35.0 Å². The molecular formula is C18H16F3NO5S. The molecule has 0 aliphatic heterocycles. The number of alkyl halides is 3. The van der Waals surface area contributed by atoms with Crippen molar-refractivity contribution in [2.45, 2.75) is 24.9 Å². The van der Waals surface area contributed by atoms with Gasteiger partial charge in [0.05, 0.1) is 12.2 Å². The maximum Gasteiger partial charge on any atom is 0.437 e. The molecule has 0 bridgehead atoms. The van der Waals surface area contributed by atoms with Gasteiger partial charge in [0.25, 0.3) is 0 Å². The molecule has 150 valence electrons. The summed E-state index contributed by atoms with van der Waals surface area (Å²) < 4.78 is 73.4. The van der Waals surface area contributed by atoms with E-state index >= 15 is 0 Å². The zero-order chi connectivity index (χ0) is 20.9. The number of carbonyl (C=O) groups excluding carboxylic acids is 1. The average Bonchev–Trinajstić information content (AvgIpc) is 2.61. The summed E-state index contributed by atoms with van der Waals surface area (Å²) >= 11 is 0. The lowest BCUT2D eigenvalue weighted by atomic mass is 10.1. The summed E-state index contributed by atoms with van der Waals surface area (Å²) in [4.78, 5) is 11.4. The minimum atomic E-state index is -5.03. The summed E-state index contributed by atoms with van der Waals surface area (Å²) in [5, 5.41) is 2.83. The first-order valence-electron chi connectivity index (χ1n) is 7.97. The van der Waals surface area contributed by atoms with E-state index in [9.17, 15) is 26.4 Å². The predicted molar refractivity (Wildman–Crippen MR) is 94.4 cm³/mol. The molecule has 0 unspecified atom stereocenters. The van der Waals surface area contributed by atoms with E-state index in [4.69, 9.17) is 4.74 Å². The second-order valence-corrected chi connectivity index (χ2v) is 7.11. The molecule has 0 aliphatic carbocycles. The molecule has 0 atom stereocenters. The quantitative estimate of drug-likeness (QED) is 0.407. The Morgan fingerprint density at radius 3 is 2.25 bits per heavy atom. The van der Waals surface area contributed by atoms with Crippen molar-refractivity contribution in [1.82, 2.24) is 0 Å². The standard InChI is InChI=1S/C18H16F3NO5S/c1-3-26-17(23)14-6-4-5-13(11-14)16(18(19,20)21)22-27-28(24,25)15-9-7-12(2)8-10-15/h4-11H,3H2,1-2H3. The second kappa shape index (κ2) is 8.42. The Labute approximate surface area is 159 Å². The first-order chi connectivity index (χ1) is 13.0. The van der Waals surface area contributed by atoms with Gasteiger partial charge in [-0.2, -0.15) is 21.6 Å². The molecule has 0 heterocycles. The number of halogens is 3. The summed E-state index contributed by atoms with van der Waals surface area (Å²) in [7, 11) is -4.55. The number of hydrogen-bond donors (Lipinski definition) is 0. The summed E-state index contributed by atoms with van der Waals surface area (Å²) in [6, 6.07) is 9.68. The highest BCUT2D eigenvalue weighted by Crippen LogP contribution is 2.25. The molecule has 2 aromatic rings. The molecule has 0 fully saturated rings. The maximum atomic E-state index is 13.4. The van der Waals surface area contributed by atoms with Crippen LogP contribution in [0.15, 0.2) is 58.6 Å². The third-order valence-corrected chi connectivity index (χ3v) is 4.57. The van der Waals surface area contributed by atoms with Crippen molar-refractivity contribution >= 4 is 21.8 Å². The van der Waals surface area contributed by atoms with Gasteiger partial charge in [0.1, 0.15) is 4.90 Å². The molecule has 2 rings (SSSR count). The number of hydrogen-bond acceptors (Lipinski definition) is 6. The molecule has 0 saturated heterocycles. The maximum absolute atomic E-state index is 13.4. The molecule has 0 saturated carbocycles. The van der Waals surface area contributed by atoms with E-state index in [1.54, 1.807) is 13.8 Å². The minimum Gasteiger partial charge on any atom is -0.462 e. The largest absolute Gasteiger partial charge is 0.462 e. The van der Waals surface area contributed by atoms with E-state index in [0.717, 1.165) is 17.7 Å². The van der Waals surface area contributed by atoms with Crippen molar-refractivity contribution < 1.29 is 35.4 Å². The zero-order valence-corrected chi connectivity index (χ0v) is 15.7. The fourth-order valence-corrected chi connectivity index (χ4v) is 2.84. The first kappa shape index (κ1) is 21.4. The lowest BCUT2D eigenvalue weighted by Crippen LogP contribution is -2.25. The molecule has 0 amide bonds. The summed E-state index contributed by atoms with van der Waals surface area (Å²) in [5.41, 5.74) is -1.53. The van der Waals surface area contributed by atoms with Crippen molar-refractivity contribution in [3.8, 4) is 0 Å². The molecule has 6 nitrogen and oxygen atoms in total. The predicted octanol–water partition coefficient (Wildman–Crippen LogP) is 3.84. The Bertz CT molecular complexity index is 983. The van der Waals surface area contributed by atoms with Crippen LogP contribution < -0.4 is 0 Å². The Balaban J connectivity index is 2.41. The Morgan fingerprint density at radius 2 is 1.68 bits per heavy atom. The van der Waals surface area contributed by atoms with Gasteiger partial charge >= 0.3 is 22.3 Å². The highest BCUT2D eigenvalue weighted by molar-refractivity contribution is 7.86. The van der Waals surface area contributed by atoms with E-state index in [1.165, 1.54) is 36.4 Å². The number of carbonyl (C=O) groups is 1. The lowest BCUT2D eigenvalue weighted by Gasteiger charge is -2.11. The number of esters is 1. The van der Waals surface area contributed by atoms with Crippen molar-refractivity contribution in [2.75, 3.05) is 6.61 Å². The Morgan fingerprint density at radius 1 is 1.07 bits per heavy atom. The smallest absolute Gasteiger partial charge is 0.437 e. The molecular weight excluding hydrogens is 399 g/mol. The van der Waals surface area contributed by atoms with Gasteiger partial charge in [0.15, 0.2) is 5.71 Å². The van der Waals surface area contributed by atoms with E-state index < -0.39 is 33.5 Å². The van der Waals surface area contributed by atoms with Gasteiger partial charge < -0.3 is 4.74 Å². The van der Waals surface area contributed by atoms with Crippen LogP contribution in [0.4, 0.5) is 13.2 Å². The van der Waals surface area contributed by atoms with Gasteiger partial charge in [-0.3, -0.25) is 4.28 Å². The van der Waals surface area contributed by atoms with Gasteiger partial charge in [-0.05, 0) is 38.1 Å². The number of ether oxygens (including phenoxy) is 1. The fourth-order valence-electron chi connectivity index (χ4n) is 2.11. The van der Waals surface area contributed by atoms with Crippen molar-refractivity contribution in [1.29, 1.82) is 0 Å². The fraction of sp³-hybridized carbons (Fsp3) is 0.222. The number of benzene rings is 2. The van der Waals surface area contributed by atoms with E-state index in [1.807, 2.05) is 0 Å². The van der Waals surface area contributed by atoms with Crippen LogP contribution in [0.3, 0.4) is 0 Å². The molecule has 28 heavy (non-hydrogen) atoms. The average molecular weight is 415 g/mol. The molecule has 0 aromatic heterocycles. The zero-order valence-electron chi connectivity index (χ0n) is 14.9. The molecule has 0 N–H and O–H groups in total. The van der Waals surface area contributed by atoms with Crippen LogP contribution in [0, 0.1) is 6.92 Å². The van der Waals surface area contributed by atoms with Gasteiger partial charge in [0, 0.05) is 5.56 Å². The van der Waals surface area contributed by atoms with Crippen LogP contribution in [0.5, 0.6) is 0 Å². The topological polar surface area (TPSA) is 82.0 Å². The third-order valence-electron chi connectivity index (χ3n) is 3.45. The van der Waals surface area contributed by atoms with Gasteiger partial charge in [-0.15, -0.1) is 0 Å². The monoisotopic (exact) mass is 415 g/mol. The van der Waals surface area contributed by atoms with Crippen LogP contribution >= 0.6 is 0 Å². The second-order valence-electron chi connectivity index (χ2n) is 5.58. The van der Waals surface area contributed by atoms with E-state index in [-0.39, 0.29) is 17.1 Å². The number of rotatable bonds is 6. The molecule has 2 aromatic carbocycles. The van der Waals surface area contributed by atoms with Gasteiger partial charge in [-0.25, -0.2) is 4.79 Å². The van der Waals surface area contributed by atoms with E-state index in [0.29, 0.717) is 0 Å². The van der Waals surface area contributed by atoms with Crippen LogP contribution in [0.1, 0.15) is 28.4 Å². The third kappa shape index (κ3) is 5.32. The van der Waals surface area contributed by atoms with Crippen molar-refractivity contribution in [3.63, 3.8) is 0 Å². The van der Waals surface area contributed by atoms with Crippen LogP contribution in [0.2, 0.25) is 0 Å². The molecule has 10 heteroatoms. The summed E-state index contributed by atoms with van der Waals surface area (Å²) in [6.45, 7) is 3.31. The molecule has 0 spiro atoms. The van der Waals surface area contributed by atoms with E-state index in [2.05, 4.69) is 9.44 Å². The highest BCUT2D eigenvalue weighted by atomic mass is 32.2. The Kier molecular flexibility index (Phi) is 6.45. The first-order valence-corrected chi connectivity index (χ1v) is 9.38. The minimum absolute atomic E-state index is 0.0428. The number of nitrogens with zero attached hydrogens (tertiary/aromatic N) is 1. The van der Waals surface area contributed by atoms with Crippen LogP contribution in [-0.2, 0) is 19.1 Å². The number of aryl methyl sites for hydroxylation is 1. The van der Waals surface area contributed by atoms with Crippen molar-refractivity contribution in [3.05, 3.63) is 65.2 Å². The van der Waals surface area contributed by atoms with Crippen LogP contribution in [0.25, 0.3) is 0 Å². The highest BCUT2D eigenvalue weighted by Gasteiger charge is 2.39. The summed E-state index contributed by atoms with van der Waals surface area (Å²) in [6.07, 6.45) is -5.03.